The van der Waals surface area contributed by atoms with Crippen molar-refractivity contribution in [1.29, 1.82) is 0 Å². The molecule has 8 nitrogen and oxygen atoms in total. The lowest BCUT2D eigenvalue weighted by atomic mass is 10.3. The van der Waals surface area contributed by atoms with Crippen LogP contribution in [0.1, 0.15) is 13.3 Å². The van der Waals surface area contributed by atoms with Crippen LogP contribution in [0.5, 0.6) is 0 Å². The van der Waals surface area contributed by atoms with E-state index in [4.69, 9.17) is 4.74 Å². The molecule has 0 unspecified atom stereocenters. The van der Waals surface area contributed by atoms with E-state index >= 15 is 0 Å². The Morgan fingerprint density at radius 3 is 2.11 bits per heavy atom. The molecule has 0 atom stereocenters. The number of rotatable bonds is 8. The van der Waals surface area contributed by atoms with Gasteiger partial charge in [0.05, 0.1) is 17.1 Å². The highest BCUT2D eigenvalue weighted by molar-refractivity contribution is 7.91. The average Bonchev–Trinajstić information content (AvgIpc) is 2.65. The minimum absolute atomic E-state index is 0.0243. The van der Waals surface area contributed by atoms with Gasteiger partial charge in [0.1, 0.15) is 0 Å². The number of hydrogen-bond acceptors (Lipinski definition) is 6. The predicted molar refractivity (Wildman–Crippen MR) is 103 cm³/mol. The van der Waals surface area contributed by atoms with Crippen LogP contribution in [-0.4, -0.2) is 38.6 Å². The first-order chi connectivity index (χ1) is 13.3. The zero-order valence-corrected chi connectivity index (χ0v) is 16.0. The third kappa shape index (κ3) is 6.84. The van der Waals surface area contributed by atoms with Gasteiger partial charge >= 0.3 is 5.97 Å². The number of carbonyl (C=O) groups excluding carboxylic acids is 3. The fraction of sp³-hybridized carbons (Fsp3) is 0.211. The number of nitrogens with one attached hydrogen (secondary N) is 2. The van der Waals surface area contributed by atoms with Gasteiger partial charge in [0.2, 0.25) is 5.91 Å². The zero-order chi connectivity index (χ0) is 20.6. The lowest BCUT2D eigenvalue weighted by Crippen LogP contribution is -2.22. The summed E-state index contributed by atoms with van der Waals surface area (Å²) in [5, 5.41) is 5.08. The van der Waals surface area contributed by atoms with Gasteiger partial charge < -0.3 is 15.4 Å². The SMILES string of the molecule is CC(=O)Nc1ccc(S(=O)(=O)CCC(=O)OCC(=O)Nc2ccccc2)cc1. The molecule has 0 spiro atoms. The molecule has 148 valence electrons. The maximum atomic E-state index is 12.3. The molecule has 0 saturated carbocycles. The molecule has 0 saturated heterocycles. The van der Waals surface area contributed by atoms with Crippen LogP contribution in [0.4, 0.5) is 11.4 Å². The molecule has 2 N–H and O–H groups in total. The molecule has 0 heterocycles. The number of sulfone groups is 1. The standard InChI is InChI=1S/C19H20N2O6S/c1-14(22)20-16-7-9-17(10-8-16)28(25,26)12-11-19(24)27-13-18(23)21-15-5-3-2-4-6-15/h2-10H,11-13H2,1H3,(H,20,22)(H,21,23). The Bertz CT molecular complexity index is 940. The Morgan fingerprint density at radius 1 is 0.893 bits per heavy atom. The van der Waals surface area contributed by atoms with E-state index in [2.05, 4.69) is 10.6 Å². The van der Waals surface area contributed by atoms with E-state index in [0.29, 0.717) is 11.4 Å². The number of carbonyl (C=O) groups is 3. The smallest absolute Gasteiger partial charge is 0.307 e. The van der Waals surface area contributed by atoms with Crippen molar-refractivity contribution in [1.82, 2.24) is 0 Å². The molecule has 0 bridgehead atoms. The Hall–Kier alpha value is -3.20. The Morgan fingerprint density at radius 2 is 1.50 bits per heavy atom. The quantitative estimate of drug-likeness (QED) is 0.650. The fourth-order valence-electron chi connectivity index (χ4n) is 2.22. The first kappa shape index (κ1) is 21.1. The highest BCUT2D eigenvalue weighted by Crippen LogP contribution is 2.16. The average molecular weight is 404 g/mol. The van der Waals surface area contributed by atoms with E-state index in [9.17, 15) is 22.8 Å². The lowest BCUT2D eigenvalue weighted by Gasteiger charge is -2.08. The first-order valence-corrected chi connectivity index (χ1v) is 10.0. The molecule has 2 rings (SSSR count). The molecule has 2 aromatic rings. The van der Waals surface area contributed by atoms with Crippen LogP contribution in [0.25, 0.3) is 0 Å². The summed E-state index contributed by atoms with van der Waals surface area (Å²) < 4.78 is 29.4. The van der Waals surface area contributed by atoms with Crippen LogP contribution >= 0.6 is 0 Å². The second-order valence-corrected chi connectivity index (χ2v) is 7.96. The minimum atomic E-state index is -3.70. The molecule has 0 aliphatic rings. The molecule has 2 amide bonds. The third-order valence-corrected chi connectivity index (χ3v) is 5.26. The van der Waals surface area contributed by atoms with Gasteiger partial charge in [-0.15, -0.1) is 0 Å². The summed E-state index contributed by atoms with van der Waals surface area (Å²) >= 11 is 0. The first-order valence-electron chi connectivity index (χ1n) is 8.37. The van der Waals surface area contributed by atoms with Crippen molar-refractivity contribution in [3.05, 3.63) is 54.6 Å². The predicted octanol–water partition coefficient (Wildman–Crippen LogP) is 1.99. The molecule has 9 heteroatoms. The number of hydrogen-bond donors (Lipinski definition) is 2. The van der Waals surface area contributed by atoms with E-state index in [1.807, 2.05) is 0 Å². The zero-order valence-electron chi connectivity index (χ0n) is 15.2. The van der Waals surface area contributed by atoms with Crippen LogP contribution < -0.4 is 10.6 Å². The summed E-state index contributed by atoms with van der Waals surface area (Å²) in [5.74, 6) is -2.03. The van der Waals surface area contributed by atoms with Gasteiger partial charge in [0.25, 0.3) is 5.91 Å². The summed E-state index contributed by atoms with van der Waals surface area (Å²) in [6, 6.07) is 14.3. The second kappa shape index (κ2) is 9.65. The molecule has 2 aromatic carbocycles. The van der Waals surface area contributed by atoms with Crippen molar-refractivity contribution in [3.63, 3.8) is 0 Å². The maximum Gasteiger partial charge on any atom is 0.307 e. The monoisotopic (exact) mass is 404 g/mol. The van der Waals surface area contributed by atoms with Gasteiger partial charge in [-0.1, -0.05) is 18.2 Å². The molecule has 0 aliphatic carbocycles. The maximum absolute atomic E-state index is 12.3. The summed E-state index contributed by atoms with van der Waals surface area (Å²) in [5.41, 5.74) is 1.03. The highest BCUT2D eigenvalue weighted by atomic mass is 32.2. The Labute approximate surface area is 162 Å². The number of amides is 2. The van der Waals surface area contributed by atoms with Crippen molar-refractivity contribution in [2.75, 3.05) is 23.0 Å². The molecule has 28 heavy (non-hydrogen) atoms. The topological polar surface area (TPSA) is 119 Å². The van der Waals surface area contributed by atoms with Crippen molar-refractivity contribution in [2.45, 2.75) is 18.2 Å². The van der Waals surface area contributed by atoms with E-state index < -0.39 is 34.1 Å². The molecule has 0 aromatic heterocycles. The van der Waals surface area contributed by atoms with E-state index in [-0.39, 0.29) is 17.2 Å². The lowest BCUT2D eigenvalue weighted by molar-refractivity contribution is -0.146. The van der Waals surface area contributed by atoms with Crippen molar-refractivity contribution < 1.29 is 27.5 Å². The van der Waals surface area contributed by atoms with E-state index in [1.165, 1.54) is 31.2 Å². The van der Waals surface area contributed by atoms with Crippen molar-refractivity contribution in [3.8, 4) is 0 Å². The van der Waals surface area contributed by atoms with Gasteiger partial charge in [-0.25, -0.2) is 8.42 Å². The number of ether oxygens (including phenoxy) is 1. The largest absolute Gasteiger partial charge is 0.456 e. The number of anilines is 2. The van der Waals surface area contributed by atoms with Crippen LogP contribution in [0.15, 0.2) is 59.5 Å². The van der Waals surface area contributed by atoms with Crippen molar-refractivity contribution in [2.24, 2.45) is 0 Å². The summed E-state index contributed by atoms with van der Waals surface area (Å²) in [6.45, 7) is 0.843. The number of esters is 1. The molecule has 0 fully saturated rings. The highest BCUT2D eigenvalue weighted by Gasteiger charge is 2.18. The van der Waals surface area contributed by atoms with Crippen LogP contribution in [-0.2, 0) is 29.0 Å². The van der Waals surface area contributed by atoms with E-state index in [0.717, 1.165) is 0 Å². The summed E-state index contributed by atoms with van der Waals surface area (Å²) in [6.07, 6.45) is -0.381. The van der Waals surface area contributed by atoms with Crippen LogP contribution in [0.3, 0.4) is 0 Å². The molecular formula is C19H20N2O6S. The Balaban J connectivity index is 1.80. The third-order valence-electron chi connectivity index (χ3n) is 3.53. The van der Waals surface area contributed by atoms with E-state index in [1.54, 1.807) is 30.3 Å². The van der Waals surface area contributed by atoms with Crippen LogP contribution in [0, 0.1) is 0 Å². The minimum Gasteiger partial charge on any atom is -0.456 e. The number of benzene rings is 2. The van der Waals surface area contributed by atoms with Gasteiger partial charge in [-0.3, -0.25) is 14.4 Å². The van der Waals surface area contributed by atoms with Gasteiger partial charge in [-0.05, 0) is 36.4 Å². The molecular weight excluding hydrogens is 384 g/mol. The number of para-hydroxylation sites is 1. The second-order valence-electron chi connectivity index (χ2n) is 5.85. The molecule has 0 aliphatic heterocycles. The van der Waals surface area contributed by atoms with Gasteiger partial charge in [0, 0.05) is 18.3 Å². The van der Waals surface area contributed by atoms with Crippen LogP contribution in [0.2, 0.25) is 0 Å². The normalized spacial score (nSPS) is 10.8. The van der Waals surface area contributed by atoms with Gasteiger partial charge in [0.15, 0.2) is 16.4 Å². The Kier molecular flexibility index (Phi) is 7.28. The summed E-state index contributed by atoms with van der Waals surface area (Å²) in [4.78, 5) is 34.4. The summed E-state index contributed by atoms with van der Waals surface area (Å²) in [7, 11) is -3.70. The van der Waals surface area contributed by atoms with Gasteiger partial charge in [-0.2, -0.15) is 0 Å². The van der Waals surface area contributed by atoms with Crippen molar-refractivity contribution >= 4 is 39.0 Å². The fourth-order valence-corrected chi connectivity index (χ4v) is 3.44. The molecule has 0 radical (unpaired) electrons.